The summed E-state index contributed by atoms with van der Waals surface area (Å²) in [5.74, 6) is 1.28. The lowest BCUT2D eigenvalue weighted by Crippen LogP contribution is -2.18. The molecule has 17 heavy (non-hydrogen) atoms. The minimum absolute atomic E-state index is 0.0411. The van der Waals surface area contributed by atoms with E-state index < -0.39 is 10.0 Å². The van der Waals surface area contributed by atoms with Crippen molar-refractivity contribution in [3.05, 3.63) is 17.9 Å². The van der Waals surface area contributed by atoms with Gasteiger partial charge in [0, 0.05) is 0 Å². The highest BCUT2D eigenvalue weighted by Gasteiger charge is 2.15. The maximum absolute atomic E-state index is 11.4. The van der Waals surface area contributed by atoms with Gasteiger partial charge < -0.3 is 9.73 Å². The van der Waals surface area contributed by atoms with Gasteiger partial charge in [0.2, 0.25) is 5.09 Å². The number of hydrogen-bond donors (Lipinski definition) is 2. The van der Waals surface area contributed by atoms with E-state index in [1.807, 2.05) is 0 Å². The Bertz CT molecular complexity index is 437. The van der Waals surface area contributed by atoms with Crippen LogP contribution in [-0.2, 0) is 16.6 Å². The SMILES string of the molecule is CNS(=O)(=O)c1ccc(CNCCC(C)C)o1. The summed E-state index contributed by atoms with van der Waals surface area (Å²) in [6.07, 6.45) is 1.09. The molecule has 0 fully saturated rings. The predicted molar refractivity (Wildman–Crippen MR) is 66.1 cm³/mol. The van der Waals surface area contributed by atoms with E-state index in [2.05, 4.69) is 23.9 Å². The van der Waals surface area contributed by atoms with Gasteiger partial charge in [0.25, 0.3) is 10.0 Å². The van der Waals surface area contributed by atoms with Crippen LogP contribution in [0.25, 0.3) is 0 Å². The monoisotopic (exact) mass is 260 g/mol. The molecule has 0 saturated heterocycles. The van der Waals surface area contributed by atoms with Crippen molar-refractivity contribution in [2.75, 3.05) is 13.6 Å². The van der Waals surface area contributed by atoms with Crippen molar-refractivity contribution < 1.29 is 12.8 Å². The van der Waals surface area contributed by atoms with Gasteiger partial charge in [-0.2, -0.15) is 0 Å². The molecule has 0 radical (unpaired) electrons. The normalized spacial score (nSPS) is 12.2. The lowest BCUT2D eigenvalue weighted by molar-refractivity contribution is 0.397. The fourth-order valence-corrected chi connectivity index (χ4v) is 1.97. The molecule has 6 heteroatoms. The first kappa shape index (κ1) is 14.2. The Morgan fingerprint density at radius 1 is 1.35 bits per heavy atom. The smallest absolute Gasteiger partial charge is 0.273 e. The number of rotatable bonds is 7. The molecular weight excluding hydrogens is 240 g/mol. The fourth-order valence-electron chi connectivity index (χ4n) is 1.30. The summed E-state index contributed by atoms with van der Waals surface area (Å²) < 4.78 is 30.3. The zero-order valence-corrected chi connectivity index (χ0v) is 11.3. The third-order valence-electron chi connectivity index (χ3n) is 2.37. The largest absolute Gasteiger partial charge is 0.447 e. The molecule has 0 aliphatic heterocycles. The Balaban J connectivity index is 2.47. The van der Waals surface area contributed by atoms with Gasteiger partial charge in [-0.05, 0) is 38.1 Å². The number of sulfonamides is 1. The van der Waals surface area contributed by atoms with Crippen LogP contribution in [-0.4, -0.2) is 22.0 Å². The second-order valence-corrected chi connectivity index (χ2v) is 6.11. The maximum Gasteiger partial charge on any atom is 0.273 e. The van der Waals surface area contributed by atoms with Crippen LogP contribution in [0.3, 0.4) is 0 Å². The van der Waals surface area contributed by atoms with Crippen LogP contribution >= 0.6 is 0 Å². The van der Waals surface area contributed by atoms with Gasteiger partial charge >= 0.3 is 0 Å². The molecule has 0 atom stereocenters. The molecular formula is C11H20N2O3S. The molecule has 98 valence electrons. The van der Waals surface area contributed by atoms with E-state index in [-0.39, 0.29) is 5.09 Å². The Morgan fingerprint density at radius 2 is 2.06 bits per heavy atom. The van der Waals surface area contributed by atoms with E-state index in [0.29, 0.717) is 18.2 Å². The van der Waals surface area contributed by atoms with Gasteiger partial charge in [-0.3, -0.25) is 0 Å². The summed E-state index contributed by atoms with van der Waals surface area (Å²) in [6, 6.07) is 3.14. The molecule has 0 aliphatic carbocycles. The first-order valence-corrected chi connectivity index (χ1v) is 7.17. The second-order valence-electron chi connectivity index (χ2n) is 4.29. The maximum atomic E-state index is 11.4. The van der Waals surface area contributed by atoms with E-state index in [9.17, 15) is 8.42 Å². The van der Waals surface area contributed by atoms with E-state index in [1.165, 1.54) is 13.1 Å². The second kappa shape index (κ2) is 6.18. The molecule has 1 aromatic heterocycles. The fraction of sp³-hybridized carbons (Fsp3) is 0.636. The topological polar surface area (TPSA) is 71.3 Å². The summed E-state index contributed by atoms with van der Waals surface area (Å²) in [4.78, 5) is 0. The van der Waals surface area contributed by atoms with Gasteiger partial charge in [-0.25, -0.2) is 13.1 Å². The highest BCUT2D eigenvalue weighted by atomic mass is 32.2. The van der Waals surface area contributed by atoms with Crippen LogP contribution < -0.4 is 10.0 Å². The van der Waals surface area contributed by atoms with Crippen LogP contribution in [0.1, 0.15) is 26.0 Å². The summed E-state index contributed by atoms with van der Waals surface area (Å²) in [5.41, 5.74) is 0. The van der Waals surface area contributed by atoms with Crippen molar-refractivity contribution in [3.63, 3.8) is 0 Å². The van der Waals surface area contributed by atoms with E-state index in [0.717, 1.165) is 13.0 Å². The van der Waals surface area contributed by atoms with Crippen LogP contribution in [0, 0.1) is 5.92 Å². The molecule has 0 unspecified atom stereocenters. The average Bonchev–Trinajstić information content (AvgIpc) is 2.73. The Morgan fingerprint density at radius 3 is 2.65 bits per heavy atom. The molecule has 1 heterocycles. The van der Waals surface area contributed by atoms with Crippen molar-refractivity contribution in [1.82, 2.24) is 10.0 Å². The van der Waals surface area contributed by atoms with Gasteiger partial charge in [-0.15, -0.1) is 0 Å². The standard InChI is InChI=1S/C11H20N2O3S/c1-9(2)6-7-13-8-10-4-5-11(16-10)17(14,15)12-3/h4-5,9,12-13H,6-8H2,1-3H3. The van der Waals surface area contributed by atoms with Crippen molar-refractivity contribution in [1.29, 1.82) is 0 Å². The van der Waals surface area contributed by atoms with Crippen molar-refractivity contribution in [2.24, 2.45) is 5.92 Å². The Kier molecular flexibility index (Phi) is 5.17. The van der Waals surface area contributed by atoms with Crippen molar-refractivity contribution in [2.45, 2.75) is 31.9 Å². The molecule has 0 aliphatic rings. The van der Waals surface area contributed by atoms with E-state index in [4.69, 9.17) is 4.42 Å². The molecule has 0 amide bonds. The summed E-state index contributed by atoms with van der Waals surface area (Å²) in [6.45, 7) is 5.76. The minimum atomic E-state index is -3.47. The molecule has 0 saturated carbocycles. The Hall–Kier alpha value is -0.850. The summed E-state index contributed by atoms with van der Waals surface area (Å²) in [7, 11) is -2.11. The summed E-state index contributed by atoms with van der Waals surface area (Å²) in [5, 5.41) is 3.17. The van der Waals surface area contributed by atoms with Crippen LogP contribution in [0.4, 0.5) is 0 Å². The molecule has 0 aromatic carbocycles. The number of hydrogen-bond acceptors (Lipinski definition) is 4. The van der Waals surface area contributed by atoms with Gasteiger partial charge in [0.15, 0.2) is 0 Å². The Labute approximate surface area is 103 Å². The molecule has 1 rings (SSSR count). The minimum Gasteiger partial charge on any atom is -0.447 e. The van der Waals surface area contributed by atoms with E-state index >= 15 is 0 Å². The zero-order chi connectivity index (χ0) is 12.9. The molecule has 2 N–H and O–H groups in total. The third-order valence-corrected chi connectivity index (χ3v) is 3.65. The zero-order valence-electron chi connectivity index (χ0n) is 10.5. The van der Waals surface area contributed by atoms with Gasteiger partial charge in [0.05, 0.1) is 6.54 Å². The highest BCUT2D eigenvalue weighted by molar-refractivity contribution is 7.89. The molecule has 0 spiro atoms. The van der Waals surface area contributed by atoms with Crippen molar-refractivity contribution >= 4 is 10.0 Å². The average molecular weight is 260 g/mol. The van der Waals surface area contributed by atoms with Crippen LogP contribution in [0.5, 0.6) is 0 Å². The van der Waals surface area contributed by atoms with Crippen molar-refractivity contribution in [3.8, 4) is 0 Å². The number of nitrogens with one attached hydrogen (secondary N) is 2. The highest BCUT2D eigenvalue weighted by Crippen LogP contribution is 2.13. The lowest BCUT2D eigenvalue weighted by atomic mass is 10.1. The molecule has 1 aromatic rings. The first-order chi connectivity index (χ1) is 7.95. The van der Waals surface area contributed by atoms with E-state index in [1.54, 1.807) is 6.07 Å². The molecule has 0 bridgehead atoms. The van der Waals surface area contributed by atoms with Gasteiger partial charge in [-0.1, -0.05) is 13.8 Å². The predicted octanol–water partition coefficient (Wildman–Crippen LogP) is 1.32. The van der Waals surface area contributed by atoms with Crippen LogP contribution in [0.15, 0.2) is 21.6 Å². The number of furan rings is 1. The first-order valence-electron chi connectivity index (χ1n) is 5.68. The molecule has 5 nitrogen and oxygen atoms in total. The van der Waals surface area contributed by atoms with Crippen LogP contribution in [0.2, 0.25) is 0 Å². The van der Waals surface area contributed by atoms with Gasteiger partial charge in [0.1, 0.15) is 5.76 Å². The quantitative estimate of drug-likeness (QED) is 0.725. The lowest BCUT2D eigenvalue weighted by Gasteiger charge is -2.05. The third kappa shape index (κ3) is 4.49. The summed E-state index contributed by atoms with van der Waals surface area (Å²) >= 11 is 0.